The van der Waals surface area contributed by atoms with Gasteiger partial charge in [-0.2, -0.15) is 0 Å². The van der Waals surface area contributed by atoms with Crippen molar-refractivity contribution in [3.63, 3.8) is 0 Å². The molecule has 5 rings (SSSR count). The summed E-state index contributed by atoms with van der Waals surface area (Å²) in [5.74, 6) is 2.22. The monoisotopic (exact) mass is 443 g/mol. The molecular formula is C25H25N5O3. The van der Waals surface area contributed by atoms with Crippen LogP contribution in [0, 0.1) is 5.92 Å². The van der Waals surface area contributed by atoms with Crippen molar-refractivity contribution in [3.8, 4) is 11.6 Å². The van der Waals surface area contributed by atoms with Gasteiger partial charge in [-0.1, -0.05) is 12.1 Å². The molecule has 1 fully saturated rings. The summed E-state index contributed by atoms with van der Waals surface area (Å²) in [6, 6.07) is 14.5. The van der Waals surface area contributed by atoms with Crippen LogP contribution < -0.4 is 9.64 Å². The third-order valence-corrected chi connectivity index (χ3v) is 5.84. The van der Waals surface area contributed by atoms with Crippen molar-refractivity contribution in [1.82, 2.24) is 19.9 Å². The highest BCUT2D eigenvalue weighted by Gasteiger charge is 2.27. The van der Waals surface area contributed by atoms with Gasteiger partial charge >= 0.3 is 0 Å². The highest BCUT2D eigenvalue weighted by Crippen LogP contribution is 2.32. The van der Waals surface area contributed by atoms with E-state index in [0.29, 0.717) is 34.8 Å². The summed E-state index contributed by atoms with van der Waals surface area (Å²) >= 11 is 0. The number of aromatic amines is 1. The molecule has 3 heterocycles. The molecule has 0 radical (unpaired) electrons. The Bertz CT molecular complexity index is 1240. The van der Waals surface area contributed by atoms with Gasteiger partial charge in [-0.05, 0) is 62.1 Å². The number of imidazole rings is 1. The van der Waals surface area contributed by atoms with E-state index >= 15 is 0 Å². The fourth-order valence-corrected chi connectivity index (χ4v) is 4.29. The van der Waals surface area contributed by atoms with Gasteiger partial charge in [0.2, 0.25) is 5.78 Å². The van der Waals surface area contributed by atoms with Gasteiger partial charge in [0.1, 0.15) is 5.75 Å². The minimum absolute atomic E-state index is 0.181. The van der Waals surface area contributed by atoms with Gasteiger partial charge in [-0.15, -0.1) is 0 Å². The quantitative estimate of drug-likeness (QED) is 0.417. The number of benzene rings is 2. The Morgan fingerprint density at radius 3 is 2.76 bits per heavy atom. The van der Waals surface area contributed by atoms with Gasteiger partial charge in [0.25, 0.3) is 5.88 Å². The minimum atomic E-state index is -0.312. The van der Waals surface area contributed by atoms with Crippen LogP contribution in [0.2, 0.25) is 0 Å². The number of fused-ring (bicyclic) bond motifs is 1. The number of carbonyl (C=O) groups is 1. The highest BCUT2D eigenvalue weighted by atomic mass is 16.5. The Labute approximate surface area is 191 Å². The lowest BCUT2D eigenvalue weighted by atomic mass is 10.0. The lowest BCUT2D eigenvalue weighted by molar-refractivity contribution is 0.103. The predicted octanol–water partition coefficient (Wildman–Crippen LogP) is 3.97. The number of anilines is 1. The van der Waals surface area contributed by atoms with Crippen molar-refractivity contribution >= 4 is 22.6 Å². The zero-order valence-corrected chi connectivity index (χ0v) is 18.3. The molecule has 1 aliphatic heterocycles. The molecule has 1 unspecified atom stereocenters. The van der Waals surface area contributed by atoms with Crippen LogP contribution in [0.5, 0.6) is 11.6 Å². The maximum absolute atomic E-state index is 12.8. The molecule has 0 spiro atoms. The van der Waals surface area contributed by atoms with Crippen LogP contribution in [0.3, 0.4) is 0 Å². The van der Waals surface area contributed by atoms with E-state index in [1.54, 1.807) is 36.7 Å². The van der Waals surface area contributed by atoms with Crippen LogP contribution >= 0.6 is 0 Å². The van der Waals surface area contributed by atoms with Crippen LogP contribution in [0.25, 0.3) is 11.0 Å². The zero-order chi connectivity index (χ0) is 22.8. The molecule has 0 aliphatic carbocycles. The molecule has 4 aromatic rings. The van der Waals surface area contributed by atoms with E-state index < -0.39 is 0 Å². The molecule has 0 bridgehead atoms. The molecule has 168 valence electrons. The van der Waals surface area contributed by atoms with E-state index in [2.05, 4.69) is 24.8 Å². The van der Waals surface area contributed by atoms with E-state index in [0.717, 1.165) is 37.0 Å². The number of aliphatic hydroxyl groups excluding tert-OH is 1. The number of rotatable bonds is 7. The molecule has 2 aromatic heterocycles. The number of ether oxygens (including phenoxy) is 1. The van der Waals surface area contributed by atoms with Crippen molar-refractivity contribution in [1.29, 1.82) is 0 Å². The maximum atomic E-state index is 12.8. The number of hydrogen-bond donors (Lipinski definition) is 2. The smallest absolute Gasteiger partial charge is 0.263 e. The number of ketones is 1. The van der Waals surface area contributed by atoms with E-state index in [1.807, 2.05) is 31.2 Å². The summed E-state index contributed by atoms with van der Waals surface area (Å²) in [5, 5.41) is 9.69. The van der Waals surface area contributed by atoms with Crippen LogP contribution in [0.1, 0.15) is 35.9 Å². The first-order valence-electron chi connectivity index (χ1n) is 11.1. The second-order valence-electron chi connectivity index (χ2n) is 8.43. The summed E-state index contributed by atoms with van der Waals surface area (Å²) in [7, 11) is 0. The molecule has 2 N–H and O–H groups in total. The van der Waals surface area contributed by atoms with Crippen LogP contribution in [-0.2, 0) is 0 Å². The van der Waals surface area contributed by atoms with E-state index in [9.17, 15) is 9.90 Å². The summed E-state index contributed by atoms with van der Waals surface area (Å²) < 4.78 is 6.03. The number of H-pyrrole nitrogens is 1. The predicted molar refractivity (Wildman–Crippen MR) is 125 cm³/mol. The first-order chi connectivity index (χ1) is 16.1. The number of para-hydroxylation sites is 2. The number of hydrogen-bond acceptors (Lipinski definition) is 7. The standard InChI is InChI=1S/C25H25N5O3/c1-16(31)14-17-10-13-30(15-17)24-25(27-12-11-26-24)33-19-8-6-18(7-9-19)22(32)23-28-20-4-2-3-5-21(20)29-23/h2-9,11-12,16-17,31H,10,13-15H2,1H3,(H,28,29)/t16?,17-/m0/s1. The largest absolute Gasteiger partial charge is 0.436 e. The van der Waals surface area contributed by atoms with Crippen molar-refractivity contribution in [2.45, 2.75) is 25.9 Å². The summed E-state index contributed by atoms with van der Waals surface area (Å²) in [6.07, 6.45) is 4.71. The SMILES string of the molecule is CC(O)C[C@@H]1CCN(c2nccnc2Oc2ccc(C(=O)c3nc4ccccc4[nH]3)cc2)C1. The molecule has 1 saturated heterocycles. The van der Waals surface area contributed by atoms with Gasteiger partial charge in [-0.25, -0.2) is 15.0 Å². The third-order valence-electron chi connectivity index (χ3n) is 5.84. The van der Waals surface area contributed by atoms with Crippen LogP contribution in [-0.4, -0.2) is 50.0 Å². The highest BCUT2D eigenvalue weighted by molar-refractivity contribution is 6.08. The normalized spacial score (nSPS) is 16.8. The van der Waals surface area contributed by atoms with E-state index in [4.69, 9.17) is 4.74 Å². The molecule has 8 nitrogen and oxygen atoms in total. The third kappa shape index (κ3) is 4.56. The molecule has 2 aromatic carbocycles. The summed E-state index contributed by atoms with van der Waals surface area (Å²) in [4.78, 5) is 31.3. The van der Waals surface area contributed by atoms with Crippen molar-refractivity contribution < 1.29 is 14.6 Å². The molecular weight excluding hydrogens is 418 g/mol. The zero-order valence-electron chi connectivity index (χ0n) is 18.3. The second kappa shape index (κ2) is 8.99. The average Bonchev–Trinajstić information content (AvgIpc) is 3.46. The van der Waals surface area contributed by atoms with Gasteiger partial charge in [0, 0.05) is 31.0 Å². The fraction of sp³-hybridized carbons (Fsp3) is 0.280. The number of nitrogens with zero attached hydrogens (tertiary/aromatic N) is 4. The topological polar surface area (TPSA) is 104 Å². The van der Waals surface area contributed by atoms with Gasteiger partial charge in [0.15, 0.2) is 11.6 Å². The first kappa shape index (κ1) is 21.1. The lowest BCUT2D eigenvalue weighted by Crippen LogP contribution is -2.22. The molecule has 2 atom stereocenters. The Hall–Kier alpha value is -3.78. The van der Waals surface area contributed by atoms with Crippen LogP contribution in [0.15, 0.2) is 60.9 Å². The Balaban J connectivity index is 1.30. The maximum Gasteiger partial charge on any atom is 0.263 e. The van der Waals surface area contributed by atoms with Crippen molar-refractivity contribution in [2.75, 3.05) is 18.0 Å². The van der Waals surface area contributed by atoms with Crippen LogP contribution in [0.4, 0.5) is 5.82 Å². The minimum Gasteiger partial charge on any atom is -0.436 e. The van der Waals surface area contributed by atoms with E-state index in [-0.39, 0.29) is 11.9 Å². The second-order valence-corrected chi connectivity index (χ2v) is 8.43. The molecule has 8 heteroatoms. The molecule has 0 saturated carbocycles. The van der Waals surface area contributed by atoms with E-state index in [1.165, 1.54) is 0 Å². The first-order valence-corrected chi connectivity index (χ1v) is 11.1. The Kier molecular flexibility index (Phi) is 5.75. The molecule has 0 amide bonds. The lowest BCUT2D eigenvalue weighted by Gasteiger charge is -2.20. The van der Waals surface area contributed by atoms with Crippen molar-refractivity contribution in [3.05, 3.63) is 72.3 Å². The fourth-order valence-electron chi connectivity index (χ4n) is 4.29. The Morgan fingerprint density at radius 1 is 1.18 bits per heavy atom. The number of aromatic nitrogens is 4. The van der Waals surface area contributed by atoms with Gasteiger partial charge in [-0.3, -0.25) is 4.79 Å². The summed E-state index contributed by atoms with van der Waals surface area (Å²) in [5.41, 5.74) is 2.10. The van der Waals surface area contributed by atoms with Gasteiger partial charge < -0.3 is 19.7 Å². The number of nitrogens with one attached hydrogen (secondary N) is 1. The number of carbonyl (C=O) groups excluding carboxylic acids is 1. The van der Waals surface area contributed by atoms with Crippen molar-refractivity contribution in [2.24, 2.45) is 5.92 Å². The average molecular weight is 444 g/mol. The number of aliphatic hydroxyl groups is 1. The van der Waals surface area contributed by atoms with Gasteiger partial charge in [0.05, 0.1) is 17.1 Å². The Morgan fingerprint density at radius 2 is 1.97 bits per heavy atom. The molecule has 1 aliphatic rings. The summed E-state index contributed by atoms with van der Waals surface area (Å²) in [6.45, 7) is 3.48. The molecule has 33 heavy (non-hydrogen) atoms.